The summed E-state index contributed by atoms with van der Waals surface area (Å²) in [7, 11) is 0. The first kappa shape index (κ1) is 12.9. The molecular formula is C11H10FN5O2. The number of azide groups is 1. The fraction of sp³-hybridized carbons (Fsp3) is 0.182. The van der Waals surface area contributed by atoms with Gasteiger partial charge in [-0.15, -0.1) is 0 Å². The zero-order chi connectivity index (χ0) is 13.8. The maximum absolute atomic E-state index is 13.6. The Morgan fingerprint density at radius 2 is 2.42 bits per heavy atom. The minimum atomic E-state index is -0.638. The highest BCUT2D eigenvalue weighted by atomic mass is 19.1. The Bertz CT molecular complexity index is 595. The molecule has 0 saturated carbocycles. The maximum atomic E-state index is 13.6. The summed E-state index contributed by atoms with van der Waals surface area (Å²) in [6.07, 6.45) is 0.996. The van der Waals surface area contributed by atoms with Crippen molar-refractivity contribution in [3.8, 4) is 0 Å². The lowest BCUT2D eigenvalue weighted by atomic mass is 10.1. The van der Waals surface area contributed by atoms with Gasteiger partial charge in [-0.25, -0.2) is 9.23 Å². The number of halogens is 1. The molecule has 8 heteroatoms. The van der Waals surface area contributed by atoms with Gasteiger partial charge < -0.3 is 5.32 Å². The Balaban J connectivity index is 2.21. The summed E-state index contributed by atoms with van der Waals surface area (Å²) in [4.78, 5) is 18.4. The van der Waals surface area contributed by atoms with Gasteiger partial charge in [-0.1, -0.05) is 11.2 Å². The van der Waals surface area contributed by atoms with E-state index in [1.807, 2.05) is 0 Å². The molecule has 2 N–H and O–H groups in total. The smallest absolute Gasteiger partial charge is 0.219 e. The summed E-state index contributed by atoms with van der Waals surface area (Å²) in [6.45, 7) is 1.36. The van der Waals surface area contributed by atoms with Gasteiger partial charge in [-0.2, -0.15) is 0 Å². The monoisotopic (exact) mass is 263 g/mol. The van der Waals surface area contributed by atoms with Crippen LogP contribution in [0.25, 0.3) is 16.1 Å². The van der Waals surface area contributed by atoms with Crippen LogP contribution < -0.4 is 10.8 Å². The molecule has 0 aromatic heterocycles. The Morgan fingerprint density at radius 3 is 3.05 bits per heavy atom. The molecule has 0 spiro atoms. The first-order valence-corrected chi connectivity index (χ1v) is 5.36. The molecular weight excluding hydrogens is 253 g/mol. The van der Waals surface area contributed by atoms with Crippen LogP contribution >= 0.6 is 0 Å². The van der Waals surface area contributed by atoms with E-state index >= 15 is 0 Å². The van der Waals surface area contributed by atoms with Crippen LogP contribution in [0.2, 0.25) is 0 Å². The van der Waals surface area contributed by atoms with E-state index in [1.165, 1.54) is 19.1 Å². The predicted octanol–water partition coefficient (Wildman–Crippen LogP) is 2.11. The molecule has 1 heterocycles. The second-order valence-corrected chi connectivity index (χ2v) is 3.78. The van der Waals surface area contributed by atoms with Gasteiger partial charge >= 0.3 is 0 Å². The largest absolute Gasteiger partial charge is 0.326 e. The normalized spacial score (nSPS) is 17.2. The van der Waals surface area contributed by atoms with Crippen molar-refractivity contribution in [2.45, 2.75) is 13.2 Å². The van der Waals surface area contributed by atoms with Gasteiger partial charge in [0.25, 0.3) is 0 Å². The first-order chi connectivity index (χ1) is 9.10. The standard InChI is InChI=1S/C11H10FN5O2/c1-6(18)14-11-5-10(16-19-11)7-2-3-9(15-17-13)8(12)4-7/h2-5,11,16H,1H3,(H,14,18). The van der Waals surface area contributed by atoms with Crippen molar-refractivity contribution in [3.63, 3.8) is 0 Å². The molecule has 0 saturated heterocycles. The molecule has 1 aromatic rings. The summed E-state index contributed by atoms with van der Waals surface area (Å²) < 4.78 is 13.6. The third-order valence-electron chi connectivity index (χ3n) is 2.37. The van der Waals surface area contributed by atoms with E-state index in [2.05, 4.69) is 20.8 Å². The Labute approximate surface area is 107 Å². The number of benzene rings is 1. The summed E-state index contributed by atoms with van der Waals surface area (Å²) in [5.41, 5.74) is 11.8. The highest BCUT2D eigenvalue weighted by molar-refractivity contribution is 5.74. The van der Waals surface area contributed by atoms with Crippen molar-refractivity contribution in [1.82, 2.24) is 10.8 Å². The molecule has 0 radical (unpaired) electrons. The molecule has 98 valence electrons. The molecule has 0 bridgehead atoms. The number of hydroxylamine groups is 1. The van der Waals surface area contributed by atoms with Gasteiger partial charge in [0.2, 0.25) is 5.91 Å². The predicted molar refractivity (Wildman–Crippen MR) is 65.0 cm³/mol. The molecule has 19 heavy (non-hydrogen) atoms. The minimum Gasteiger partial charge on any atom is -0.326 e. The maximum Gasteiger partial charge on any atom is 0.219 e. The van der Waals surface area contributed by atoms with Crippen LogP contribution in [-0.4, -0.2) is 12.1 Å². The molecule has 0 fully saturated rings. The summed E-state index contributed by atoms with van der Waals surface area (Å²) in [6, 6.07) is 4.15. The van der Waals surface area contributed by atoms with Crippen LogP contribution in [0.1, 0.15) is 12.5 Å². The lowest BCUT2D eigenvalue weighted by Gasteiger charge is -2.07. The van der Waals surface area contributed by atoms with Gasteiger partial charge in [0.05, 0.1) is 11.4 Å². The molecule has 2 rings (SSSR count). The molecule has 1 atom stereocenters. The van der Waals surface area contributed by atoms with Gasteiger partial charge in [0, 0.05) is 17.4 Å². The number of hydrogen-bond donors (Lipinski definition) is 2. The zero-order valence-electron chi connectivity index (χ0n) is 9.92. The third kappa shape index (κ3) is 3.01. The SMILES string of the molecule is CC(=O)NC1C=C(c2ccc(N=[N+]=[N-])c(F)c2)NO1. The number of hydrogen-bond acceptors (Lipinski definition) is 4. The lowest BCUT2D eigenvalue weighted by molar-refractivity contribution is -0.122. The van der Waals surface area contributed by atoms with E-state index in [9.17, 15) is 9.18 Å². The number of rotatable bonds is 3. The summed E-state index contributed by atoms with van der Waals surface area (Å²) >= 11 is 0. The Morgan fingerprint density at radius 1 is 1.63 bits per heavy atom. The van der Waals surface area contributed by atoms with Crippen molar-refractivity contribution in [3.05, 3.63) is 46.1 Å². The van der Waals surface area contributed by atoms with Gasteiger partial charge in [0.1, 0.15) is 5.82 Å². The van der Waals surface area contributed by atoms with Crippen molar-refractivity contribution in [2.75, 3.05) is 0 Å². The quantitative estimate of drug-likeness (QED) is 0.496. The highest BCUT2D eigenvalue weighted by Crippen LogP contribution is 2.24. The second kappa shape index (κ2) is 5.38. The van der Waals surface area contributed by atoms with Gasteiger partial charge in [-0.3, -0.25) is 10.3 Å². The summed E-state index contributed by atoms with van der Waals surface area (Å²) in [5, 5.41) is 5.73. The highest BCUT2D eigenvalue weighted by Gasteiger charge is 2.18. The molecule has 1 amide bonds. The van der Waals surface area contributed by atoms with E-state index < -0.39 is 12.0 Å². The van der Waals surface area contributed by atoms with Crippen LogP contribution in [0.5, 0.6) is 0 Å². The molecule has 1 unspecified atom stereocenters. The van der Waals surface area contributed by atoms with Crippen LogP contribution in [0.3, 0.4) is 0 Å². The Kier molecular flexibility index (Phi) is 3.65. The van der Waals surface area contributed by atoms with Crippen molar-refractivity contribution in [1.29, 1.82) is 0 Å². The van der Waals surface area contributed by atoms with Crippen LogP contribution in [0.15, 0.2) is 29.4 Å². The average molecular weight is 263 g/mol. The van der Waals surface area contributed by atoms with Gasteiger partial charge in [-0.05, 0) is 23.7 Å². The van der Waals surface area contributed by atoms with Gasteiger partial charge in [0.15, 0.2) is 6.23 Å². The number of carbonyl (C=O) groups excluding carboxylic acids is 1. The van der Waals surface area contributed by atoms with E-state index in [-0.39, 0.29) is 11.6 Å². The van der Waals surface area contributed by atoms with E-state index in [4.69, 9.17) is 10.4 Å². The third-order valence-corrected chi connectivity index (χ3v) is 2.37. The van der Waals surface area contributed by atoms with Crippen LogP contribution in [0.4, 0.5) is 10.1 Å². The zero-order valence-corrected chi connectivity index (χ0v) is 9.92. The fourth-order valence-electron chi connectivity index (χ4n) is 1.58. The number of nitrogens with zero attached hydrogens (tertiary/aromatic N) is 3. The van der Waals surface area contributed by atoms with Crippen molar-refractivity contribution < 1.29 is 14.0 Å². The van der Waals surface area contributed by atoms with E-state index in [0.29, 0.717) is 11.3 Å². The molecule has 1 aromatic carbocycles. The molecule has 1 aliphatic heterocycles. The fourth-order valence-corrected chi connectivity index (χ4v) is 1.58. The Hall–Kier alpha value is -2.57. The lowest BCUT2D eigenvalue weighted by Crippen LogP contribution is -2.33. The molecule has 7 nitrogen and oxygen atoms in total. The molecule has 0 aliphatic carbocycles. The first-order valence-electron chi connectivity index (χ1n) is 5.36. The van der Waals surface area contributed by atoms with E-state index in [0.717, 1.165) is 0 Å². The van der Waals surface area contributed by atoms with Crippen LogP contribution in [-0.2, 0) is 9.63 Å². The number of amides is 1. The number of carbonyl (C=O) groups is 1. The second-order valence-electron chi connectivity index (χ2n) is 3.78. The molecule has 1 aliphatic rings. The topological polar surface area (TPSA) is 99.1 Å². The van der Waals surface area contributed by atoms with E-state index in [1.54, 1.807) is 12.1 Å². The van der Waals surface area contributed by atoms with Crippen LogP contribution in [0, 0.1) is 5.82 Å². The summed E-state index contributed by atoms with van der Waals surface area (Å²) in [5.74, 6) is -0.879. The minimum absolute atomic E-state index is 0.0795. The van der Waals surface area contributed by atoms with Crippen molar-refractivity contribution in [2.24, 2.45) is 5.11 Å². The number of nitrogens with one attached hydrogen (secondary N) is 2. The van der Waals surface area contributed by atoms with Crippen molar-refractivity contribution >= 4 is 17.3 Å². The average Bonchev–Trinajstić information content (AvgIpc) is 2.79.